The van der Waals surface area contributed by atoms with E-state index in [0.29, 0.717) is 6.04 Å². The molecule has 0 radical (unpaired) electrons. The van der Waals surface area contributed by atoms with Crippen LogP contribution in [0, 0.1) is 6.92 Å². The molecule has 2 aliphatic rings. The Morgan fingerprint density at radius 1 is 1.00 bits per heavy atom. The van der Waals surface area contributed by atoms with Crippen molar-refractivity contribution in [3.8, 4) is 11.4 Å². The first-order valence-electron chi connectivity index (χ1n) is 9.01. The average molecular weight is 310 g/mol. The third kappa shape index (κ3) is 2.92. The Morgan fingerprint density at radius 3 is 2.57 bits per heavy atom. The number of likely N-dealkylation sites (tertiary alicyclic amines) is 1. The molecule has 4 nitrogen and oxygen atoms in total. The SMILES string of the molecule is Cc1cnc(-c2ccncc2)n1C1CCN(C2CCCCC2)C1. The van der Waals surface area contributed by atoms with Crippen LogP contribution in [0.5, 0.6) is 0 Å². The highest BCUT2D eigenvalue weighted by atomic mass is 15.2. The summed E-state index contributed by atoms with van der Waals surface area (Å²) in [5.41, 5.74) is 2.44. The fourth-order valence-electron chi connectivity index (χ4n) is 4.38. The van der Waals surface area contributed by atoms with Gasteiger partial charge in [0.25, 0.3) is 0 Å². The minimum atomic E-state index is 0.558. The van der Waals surface area contributed by atoms with Gasteiger partial charge in [0.15, 0.2) is 0 Å². The zero-order chi connectivity index (χ0) is 15.6. The molecule has 2 aromatic heterocycles. The van der Waals surface area contributed by atoms with Crippen molar-refractivity contribution < 1.29 is 0 Å². The lowest BCUT2D eigenvalue weighted by Gasteiger charge is -2.31. The van der Waals surface area contributed by atoms with E-state index in [1.165, 1.54) is 62.9 Å². The van der Waals surface area contributed by atoms with Gasteiger partial charge in [-0.2, -0.15) is 0 Å². The molecule has 0 aromatic carbocycles. The van der Waals surface area contributed by atoms with E-state index in [0.717, 1.165) is 11.9 Å². The van der Waals surface area contributed by atoms with Crippen molar-refractivity contribution in [1.29, 1.82) is 0 Å². The van der Waals surface area contributed by atoms with Gasteiger partial charge in [0.05, 0.1) is 0 Å². The highest BCUT2D eigenvalue weighted by Gasteiger charge is 2.31. The number of imidazole rings is 1. The van der Waals surface area contributed by atoms with Crippen LogP contribution in [-0.2, 0) is 0 Å². The van der Waals surface area contributed by atoms with Gasteiger partial charge in [0, 0.05) is 55.0 Å². The lowest BCUT2D eigenvalue weighted by molar-refractivity contribution is 0.185. The summed E-state index contributed by atoms with van der Waals surface area (Å²) < 4.78 is 2.46. The van der Waals surface area contributed by atoms with Crippen molar-refractivity contribution in [3.05, 3.63) is 36.4 Å². The molecule has 1 aliphatic heterocycles. The van der Waals surface area contributed by atoms with Gasteiger partial charge in [-0.05, 0) is 38.3 Å². The minimum absolute atomic E-state index is 0.558. The molecule has 1 unspecified atom stereocenters. The molecule has 1 aliphatic carbocycles. The molecule has 1 saturated carbocycles. The molecule has 0 N–H and O–H groups in total. The quantitative estimate of drug-likeness (QED) is 0.864. The highest BCUT2D eigenvalue weighted by Crippen LogP contribution is 2.33. The number of nitrogens with zero attached hydrogens (tertiary/aromatic N) is 4. The van der Waals surface area contributed by atoms with E-state index < -0.39 is 0 Å². The van der Waals surface area contributed by atoms with Crippen LogP contribution in [0.15, 0.2) is 30.7 Å². The van der Waals surface area contributed by atoms with Gasteiger partial charge in [0.1, 0.15) is 5.82 Å². The van der Waals surface area contributed by atoms with Crippen molar-refractivity contribution in [1.82, 2.24) is 19.4 Å². The van der Waals surface area contributed by atoms with Crippen LogP contribution in [0.3, 0.4) is 0 Å². The monoisotopic (exact) mass is 310 g/mol. The van der Waals surface area contributed by atoms with E-state index >= 15 is 0 Å². The zero-order valence-electron chi connectivity index (χ0n) is 14.0. The minimum Gasteiger partial charge on any atom is -0.324 e. The molecule has 0 bridgehead atoms. The predicted octanol–water partition coefficient (Wildman–Crippen LogP) is 3.83. The van der Waals surface area contributed by atoms with E-state index in [9.17, 15) is 0 Å². The summed E-state index contributed by atoms with van der Waals surface area (Å²) in [6.07, 6.45) is 14.0. The van der Waals surface area contributed by atoms with Gasteiger partial charge in [-0.15, -0.1) is 0 Å². The summed E-state index contributed by atoms with van der Waals surface area (Å²) in [4.78, 5) is 11.6. The summed E-state index contributed by atoms with van der Waals surface area (Å²) >= 11 is 0. The fraction of sp³-hybridized carbons (Fsp3) is 0.579. The van der Waals surface area contributed by atoms with Crippen LogP contribution in [0.4, 0.5) is 0 Å². The van der Waals surface area contributed by atoms with E-state index in [-0.39, 0.29) is 0 Å². The number of aromatic nitrogens is 3. The zero-order valence-corrected chi connectivity index (χ0v) is 14.0. The van der Waals surface area contributed by atoms with E-state index in [1.807, 2.05) is 18.6 Å². The molecule has 2 fully saturated rings. The maximum Gasteiger partial charge on any atom is 0.140 e. The lowest BCUT2D eigenvalue weighted by Crippen LogP contribution is -2.35. The maximum absolute atomic E-state index is 4.68. The fourth-order valence-corrected chi connectivity index (χ4v) is 4.38. The van der Waals surface area contributed by atoms with Gasteiger partial charge < -0.3 is 4.57 Å². The van der Waals surface area contributed by atoms with Crippen LogP contribution in [0.2, 0.25) is 0 Å². The summed E-state index contributed by atoms with van der Waals surface area (Å²) in [6.45, 7) is 4.60. The molecule has 0 amide bonds. The van der Waals surface area contributed by atoms with Gasteiger partial charge in [-0.1, -0.05) is 19.3 Å². The van der Waals surface area contributed by atoms with Gasteiger partial charge in [-0.3, -0.25) is 9.88 Å². The molecule has 0 spiro atoms. The molecule has 4 rings (SSSR count). The molecule has 23 heavy (non-hydrogen) atoms. The molecule has 4 heteroatoms. The number of aryl methyl sites for hydroxylation is 1. The van der Waals surface area contributed by atoms with Crippen LogP contribution >= 0.6 is 0 Å². The van der Waals surface area contributed by atoms with E-state index in [2.05, 4.69) is 38.5 Å². The molecule has 122 valence electrons. The number of pyridine rings is 1. The van der Waals surface area contributed by atoms with Crippen molar-refractivity contribution >= 4 is 0 Å². The Bertz CT molecular complexity index is 643. The summed E-state index contributed by atoms with van der Waals surface area (Å²) in [5, 5.41) is 0. The molecule has 1 saturated heterocycles. The molecule has 3 heterocycles. The number of rotatable bonds is 3. The molecular weight excluding hydrogens is 284 g/mol. The Morgan fingerprint density at radius 2 is 1.78 bits per heavy atom. The Hall–Kier alpha value is -1.68. The van der Waals surface area contributed by atoms with Crippen LogP contribution in [0.25, 0.3) is 11.4 Å². The van der Waals surface area contributed by atoms with Crippen molar-refractivity contribution in [3.63, 3.8) is 0 Å². The Balaban J connectivity index is 1.56. The summed E-state index contributed by atoms with van der Waals surface area (Å²) in [7, 11) is 0. The van der Waals surface area contributed by atoms with Crippen LogP contribution in [0.1, 0.15) is 50.3 Å². The standard InChI is InChI=1S/C19H26N4/c1-15-13-21-19(16-7-10-20-11-8-16)23(15)18-9-12-22(14-18)17-5-3-2-4-6-17/h7-8,10-11,13,17-18H,2-6,9,12,14H2,1H3. The highest BCUT2D eigenvalue weighted by molar-refractivity contribution is 5.55. The predicted molar refractivity (Wildman–Crippen MR) is 92.3 cm³/mol. The third-order valence-corrected chi connectivity index (χ3v) is 5.57. The first kappa shape index (κ1) is 14.9. The molecular formula is C19H26N4. The van der Waals surface area contributed by atoms with E-state index in [4.69, 9.17) is 0 Å². The first-order chi connectivity index (χ1) is 11.3. The molecule has 1 atom stereocenters. The first-order valence-corrected chi connectivity index (χ1v) is 9.01. The number of hydrogen-bond acceptors (Lipinski definition) is 3. The largest absolute Gasteiger partial charge is 0.324 e. The van der Waals surface area contributed by atoms with Crippen LogP contribution in [-0.4, -0.2) is 38.6 Å². The Labute approximate surface area is 138 Å². The maximum atomic E-state index is 4.68. The van der Waals surface area contributed by atoms with Crippen LogP contribution < -0.4 is 0 Å². The second-order valence-electron chi connectivity index (χ2n) is 7.06. The third-order valence-electron chi connectivity index (χ3n) is 5.57. The van der Waals surface area contributed by atoms with Crippen molar-refractivity contribution in [2.75, 3.05) is 13.1 Å². The van der Waals surface area contributed by atoms with Gasteiger partial charge in [-0.25, -0.2) is 4.98 Å². The second kappa shape index (κ2) is 6.44. The second-order valence-corrected chi connectivity index (χ2v) is 7.06. The topological polar surface area (TPSA) is 34.0 Å². The van der Waals surface area contributed by atoms with Crippen molar-refractivity contribution in [2.24, 2.45) is 0 Å². The van der Waals surface area contributed by atoms with Crippen molar-refractivity contribution in [2.45, 2.75) is 57.5 Å². The van der Waals surface area contributed by atoms with Gasteiger partial charge >= 0.3 is 0 Å². The normalized spacial score (nSPS) is 23.4. The van der Waals surface area contributed by atoms with Gasteiger partial charge in [0.2, 0.25) is 0 Å². The summed E-state index contributed by atoms with van der Waals surface area (Å²) in [6, 6.07) is 5.50. The smallest absolute Gasteiger partial charge is 0.140 e. The lowest BCUT2D eigenvalue weighted by atomic mass is 9.94. The number of hydrogen-bond donors (Lipinski definition) is 0. The Kier molecular flexibility index (Phi) is 4.17. The molecule has 2 aromatic rings. The average Bonchev–Trinajstić information content (AvgIpc) is 3.23. The van der Waals surface area contributed by atoms with E-state index in [1.54, 1.807) is 0 Å². The summed E-state index contributed by atoms with van der Waals surface area (Å²) in [5.74, 6) is 1.10.